The number of halogens is 1. The van der Waals surface area contributed by atoms with Gasteiger partial charge in [0.1, 0.15) is 5.60 Å². The molecule has 2 heterocycles. The summed E-state index contributed by atoms with van der Waals surface area (Å²) in [6.45, 7) is 9.35. The smallest absolute Gasteiger partial charge is 0.411 e. The number of hydrogen-bond acceptors (Lipinski definition) is 8. The van der Waals surface area contributed by atoms with Crippen LogP contribution in [0.4, 0.5) is 22.1 Å². The minimum atomic E-state index is -3.91. The molecule has 0 radical (unpaired) electrons. The van der Waals surface area contributed by atoms with Crippen LogP contribution in [-0.4, -0.2) is 40.0 Å². The van der Waals surface area contributed by atoms with E-state index in [1.165, 1.54) is 16.4 Å². The number of para-hydroxylation sites is 1. The SMILES string of the molecule is C=C(CCC(=O)Nc1cccc(Nc2ncc(Cl)c(-c3cn(S(=O)(=O)c4ccccc4)c4ccccc34)n2)c1)NC(=O)OC(C)(C)CC. The molecule has 0 atom stereocenters. The summed E-state index contributed by atoms with van der Waals surface area (Å²) >= 11 is 6.58. The predicted molar refractivity (Wildman–Crippen MR) is 188 cm³/mol. The molecule has 0 aliphatic rings. The highest BCUT2D eigenvalue weighted by Crippen LogP contribution is 2.36. The maximum Gasteiger partial charge on any atom is 0.411 e. The van der Waals surface area contributed by atoms with E-state index in [4.69, 9.17) is 16.3 Å². The summed E-state index contributed by atoms with van der Waals surface area (Å²) in [7, 11) is -3.91. The van der Waals surface area contributed by atoms with Crippen molar-refractivity contribution in [2.45, 2.75) is 50.5 Å². The van der Waals surface area contributed by atoms with Gasteiger partial charge < -0.3 is 15.4 Å². The number of carbonyl (C=O) groups excluding carboxylic acids is 2. The molecule has 0 spiro atoms. The van der Waals surface area contributed by atoms with Crippen LogP contribution >= 0.6 is 11.6 Å². The summed E-state index contributed by atoms with van der Waals surface area (Å²) in [6.07, 6.45) is 3.32. The van der Waals surface area contributed by atoms with Crippen LogP contribution in [0.2, 0.25) is 5.02 Å². The molecule has 0 unspecified atom stereocenters. The Morgan fingerprint density at radius 1 is 0.979 bits per heavy atom. The highest BCUT2D eigenvalue weighted by molar-refractivity contribution is 7.90. The first kappa shape index (κ1) is 34.1. The van der Waals surface area contributed by atoms with Crippen LogP contribution in [0.15, 0.2) is 108 Å². The van der Waals surface area contributed by atoms with Gasteiger partial charge in [-0.25, -0.2) is 27.2 Å². The van der Waals surface area contributed by atoms with Gasteiger partial charge in [0.2, 0.25) is 11.9 Å². The highest BCUT2D eigenvalue weighted by Gasteiger charge is 2.24. The molecule has 0 fully saturated rings. The summed E-state index contributed by atoms with van der Waals surface area (Å²) in [5.41, 5.74) is 2.20. The summed E-state index contributed by atoms with van der Waals surface area (Å²) in [5, 5.41) is 9.42. The summed E-state index contributed by atoms with van der Waals surface area (Å²) < 4.78 is 33.8. The number of nitrogens with zero attached hydrogens (tertiary/aromatic N) is 3. The third-order valence-electron chi connectivity index (χ3n) is 7.53. The molecule has 13 heteroatoms. The monoisotopic (exact) mass is 686 g/mol. The molecule has 0 bridgehead atoms. The zero-order chi connectivity index (χ0) is 34.5. The van der Waals surface area contributed by atoms with Crippen molar-refractivity contribution >= 4 is 61.9 Å². The number of carbonyl (C=O) groups is 2. The van der Waals surface area contributed by atoms with Crippen molar-refractivity contribution in [2.75, 3.05) is 10.6 Å². The minimum absolute atomic E-state index is 0.0885. The van der Waals surface area contributed by atoms with E-state index in [1.807, 2.05) is 32.9 Å². The molecule has 0 aliphatic carbocycles. The van der Waals surface area contributed by atoms with Gasteiger partial charge in [0.05, 0.1) is 27.3 Å². The van der Waals surface area contributed by atoms with Crippen molar-refractivity contribution in [2.24, 2.45) is 0 Å². The van der Waals surface area contributed by atoms with E-state index < -0.39 is 21.7 Å². The Kier molecular flexibility index (Phi) is 10.2. The van der Waals surface area contributed by atoms with Gasteiger partial charge in [0.15, 0.2) is 0 Å². The lowest BCUT2D eigenvalue weighted by molar-refractivity contribution is -0.116. The Bertz CT molecular complexity index is 2100. The number of allylic oxidation sites excluding steroid dienone is 1. The minimum Gasteiger partial charge on any atom is -0.443 e. The van der Waals surface area contributed by atoms with Crippen LogP contribution in [0.3, 0.4) is 0 Å². The summed E-state index contributed by atoms with van der Waals surface area (Å²) in [6, 6.07) is 22.3. The van der Waals surface area contributed by atoms with Crippen molar-refractivity contribution in [1.29, 1.82) is 0 Å². The molecule has 5 aromatic rings. The average Bonchev–Trinajstić information content (AvgIpc) is 3.45. The zero-order valence-electron chi connectivity index (χ0n) is 26.7. The van der Waals surface area contributed by atoms with E-state index in [-0.39, 0.29) is 34.6 Å². The fraction of sp³-hybridized carbons (Fsp3) is 0.200. The fourth-order valence-corrected chi connectivity index (χ4v) is 6.29. The van der Waals surface area contributed by atoms with Gasteiger partial charge in [0.25, 0.3) is 10.0 Å². The van der Waals surface area contributed by atoms with Crippen molar-refractivity contribution in [3.05, 3.63) is 109 Å². The van der Waals surface area contributed by atoms with E-state index in [0.717, 1.165) is 0 Å². The van der Waals surface area contributed by atoms with Gasteiger partial charge in [-0.15, -0.1) is 0 Å². The molecule has 0 aliphatic heterocycles. The van der Waals surface area contributed by atoms with Gasteiger partial charge in [-0.1, -0.05) is 67.6 Å². The van der Waals surface area contributed by atoms with Crippen molar-refractivity contribution in [1.82, 2.24) is 19.3 Å². The summed E-state index contributed by atoms with van der Waals surface area (Å²) in [4.78, 5) is 33.8. The number of hydrogen-bond donors (Lipinski definition) is 3. The second kappa shape index (κ2) is 14.3. The van der Waals surface area contributed by atoms with E-state index in [0.29, 0.717) is 45.7 Å². The quantitative estimate of drug-likeness (QED) is 0.120. The molecule has 248 valence electrons. The third kappa shape index (κ3) is 8.01. The molecular weight excluding hydrogens is 652 g/mol. The van der Waals surface area contributed by atoms with E-state index in [2.05, 4.69) is 32.5 Å². The number of benzene rings is 3. The number of rotatable bonds is 12. The van der Waals surface area contributed by atoms with E-state index in [1.54, 1.807) is 66.7 Å². The Morgan fingerprint density at radius 3 is 2.44 bits per heavy atom. The first-order valence-electron chi connectivity index (χ1n) is 15.1. The number of ether oxygens (including phenoxy) is 1. The van der Waals surface area contributed by atoms with E-state index in [9.17, 15) is 18.0 Å². The molecule has 3 aromatic carbocycles. The Balaban J connectivity index is 1.30. The molecular formula is C35H35ClN6O5S. The average molecular weight is 687 g/mol. The molecule has 0 saturated heterocycles. The number of amides is 2. The van der Waals surface area contributed by atoms with Gasteiger partial charge in [-0.2, -0.15) is 0 Å². The fourth-order valence-electron chi connectivity index (χ4n) is 4.71. The van der Waals surface area contributed by atoms with Gasteiger partial charge in [-0.05, 0) is 63.1 Å². The Hall–Kier alpha value is -5.20. The van der Waals surface area contributed by atoms with Crippen LogP contribution in [0, 0.1) is 0 Å². The van der Waals surface area contributed by atoms with Crippen molar-refractivity contribution < 1.29 is 22.7 Å². The van der Waals surface area contributed by atoms with Gasteiger partial charge in [0, 0.05) is 40.6 Å². The van der Waals surface area contributed by atoms with Crippen molar-refractivity contribution in [3.63, 3.8) is 0 Å². The number of aromatic nitrogens is 3. The molecule has 48 heavy (non-hydrogen) atoms. The van der Waals surface area contributed by atoms with Gasteiger partial charge >= 0.3 is 6.09 Å². The largest absolute Gasteiger partial charge is 0.443 e. The summed E-state index contributed by atoms with van der Waals surface area (Å²) in [5.74, 6) is -0.0645. The molecule has 0 saturated carbocycles. The third-order valence-corrected chi connectivity index (χ3v) is 9.50. The molecule has 2 aromatic heterocycles. The molecule has 11 nitrogen and oxygen atoms in total. The lowest BCUT2D eigenvalue weighted by Gasteiger charge is -2.23. The lowest BCUT2D eigenvalue weighted by atomic mass is 10.1. The van der Waals surface area contributed by atoms with Crippen LogP contribution in [0.25, 0.3) is 22.2 Å². The van der Waals surface area contributed by atoms with Crippen LogP contribution < -0.4 is 16.0 Å². The Morgan fingerprint density at radius 2 is 1.69 bits per heavy atom. The maximum atomic E-state index is 13.6. The van der Waals surface area contributed by atoms with Crippen molar-refractivity contribution in [3.8, 4) is 11.3 Å². The molecule has 5 rings (SSSR count). The first-order chi connectivity index (χ1) is 22.9. The van der Waals surface area contributed by atoms with Crippen LogP contribution in [-0.2, 0) is 19.6 Å². The number of anilines is 3. The van der Waals surface area contributed by atoms with Crippen LogP contribution in [0.1, 0.15) is 40.0 Å². The van der Waals surface area contributed by atoms with E-state index >= 15 is 0 Å². The second-order valence-electron chi connectivity index (χ2n) is 11.5. The van der Waals surface area contributed by atoms with Gasteiger partial charge in [-0.3, -0.25) is 10.1 Å². The number of alkyl carbamates (subject to hydrolysis) is 1. The molecule has 3 N–H and O–H groups in total. The predicted octanol–water partition coefficient (Wildman–Crippen LogP) is 7.88. The maximum absolute atomic E-state index is 13.6. The second-order valence-corrected chi connectivity index (χ2v) is 13.8. The number of nitrogens with one attached hydrogen (secondary N) is 3. The highest BCUT2D eigenvalue weighted by atomic mass is 35.5. The normalized spacial score (nSPS) is 11.6. The first-order valence-corrected chi connectivity index (χ1v) is 17.0. The van der Waals surface area contributed by atoms with Crippen LogP contribution in [0.5, 0.6) is 0 Å². The number of fused-ring (bicyclic) bond motifs is 1. The molecule has 2 amide bonds. The topological polar surface area (TPSA) is 144 Å². The standard InChI is InChI=1S/C35H35ClN6O5S/c1-5-35(3,4)47-34(44)38-23(2)18-19-31(43)39-24-12-11-13-25(20-24)40-33-37-21-29(36)32(41-33)28-22-42(30-17-10-9-16-27(28)30)48(45,46)26-14-7-6-8-15-26/h6-17,20-22H,2,5,18-19H2,1,3-4H3,(H,38,44)(H,39,43)(H,37,40,41). The lowest BCUT2D eigenvalue weighted by Crippen LogP contribution is -2.33. The zero-order valence-corrected chi connectivity index (χ0v) is 28.2. The Labute approximate surface area is 284 Å².